The quantitative estimate of drug-likeness (QED) is 0.888. The van der Waals surface area contributed by atoms with Crippen LogP contribution in [0.3, 0.4) is 0 Å². The maximum Gasteiger partial charge on any atom is 0.168 e. The number of halogens is 2. The first-order valence-corrected chi connectivity index (χ1v) is 5.24. The highest BCUT2D eigenvalue weighted by Gasteiger charge is 2.10. The average Bonchev–Trinajstić information content (AvgIpc) is 2.34. The molecule has 0 atom stereocenters. The van der Waals surface area contributed by atoms with Gasteiger partial charge in [0.25, 0.3) is 0 Å². The molecule has 2 rings (SSSR count). The van der Waals surface area contributed by atoms with E-state index >= 15 is 0 Å². The van der Waals surface area contributed by atoms with Crippen LogP contribution < -0.4 is 5.32 Å². The summed E-state index contributed by atoms with van der Waals surface area (Å²) in [4.78, 5) is 0. The van der Waals surface area contributed by atoms with Gasteiger partial charge in [0, 0.05) is 12.1 Å². The van der Waals surface area contributed by atoms with Gasteiger partial charge < -0.3 is 5.32 Å². The van der Waals surface area contributed by atoms with Crippen molar-refractivity contribution >= 4 is 5.82 Å². The monoisotopic (exact) mass is 235 g/mol. The number of aromatic nitrogens is 2. The summed E-state index contributed by atoms with van der Waals surface area (Å²) in [5.41, 5.74) is 0.421. The SMILES string of the molecule is CCNc1ccc(-c2cccc(F)c2F)nn1. The van der Waals surface area contributed by atoms with E-state index in [1.54, 1.807) is 12.1 Å². The summed E-state index contributed by atoms with van der Waals surface area (Å²) in [5, 5.41) is 10.7. The van der Waals surface area contributed by atoms with Gasteiger partial charge in [0.15, 0.2) is 11.6 Å². The smallest absolute Gasteiger partial charge is 0.168 e. The lowest BCUT2D eigenvalue weighted by atomic mass is 10.1. The summed E-state index contributed by atoms with van der Waals surface area (Å²) < 4.78 is 26.5. The van der Waals surface area contributed by atoms with E-state index in [9.17, 15) is 8.78 Å². The zero-order valence-corrected chi connectivity index (χ0v) is 9.24. The summed E-state index contributed by atoms with van der Waals surface area (Å²) >= 11 is 0. The Morgan fingerprint density at radius 2 is 1.94 bits per heavy atom. The Kier molecular flexibility index (Phi) is 3.27. The molecule has 1 N–H and O–H groups in total. The first kappa shape index (κ1) is 11.4. The second-order valence-electron chi connectivity index (χ2n) is 3.44. The zero-order valence-electron chi connectivity index (χ0n) is 9.24. The minimum atomic E-state index is -0.905. The first-order chi connectivity index (χ1) is 8.22. The highest BCUT2D eigenvalue weighted by atomic mass is 19.2. The van der Waals surface area contributed by atoms with Gasteiger partial charge >= 0.3 is 0 Å². The van der Waals surface area contributed by atoms with E-state index in [0.717, 1.165) is 12.6 Å². The van der Waals surface area contributed by atoms with Crippen molar-refractivity contribution in [3.8, 4) is 11.3 Å². The molecule has 0 radical (unpaired) electrons. The Labute approximate surface area is 97.5 Å². The van der Waals surface area contributed by atoms with Crippen LogP contribution in [0.1, 0.15) is 6.92 Å². The van der Waals surface area contributed by atoms with Crippen molar-refractivity contribution in [2.45, 2.75) is 6.92 Å². The van der Waals surface area contributed by atoms with Crippen LogP contribution in [0.4, 0.5) is 14.6 Å². The second-order valence-corrected chi connectivity index (χ2v) is 3.44. The van der Waals surface area contributed by atoms with Crippen LogP contribution in [0.2, 0.25) is 0 Å². The Balaban J connectivity index is 2.36. The highest BCUT2D eigenvalue weighted by molar-refractivity contribution is 5.60. The van der Waals surface area contributed by atoms with Crippen molar-refractivity contribution in [2.24, 2.45) is 0 Å². The van der Waals surface area contributed by atoms with Gasteiger partial charge in [-0.1, -0.05) is 6.07 Å². The van der Waals surface area contributed by atoms with E-state index < -0.39 is 11.6 Å². The molecule has 0 saturated heterocycles. The summed E-state index contributed by atoms with van der Waals surface area (Å²) in [6, 6.07) is 7.25. The number of nitrogens with one attached hydrogen (secondary N) is 1. The zero-order chi connectivity index (χ0) is 12.3. The average molecular weight is 235 g/mol. The number of benzene rings is 1. The fourth-order valence-corrected chi connectivity index (χ4v) is 1.45. The van der Waals surface area contributed by atoms with Crippen LogP contribution in [0.15, 0.2) is 30.3 Å². The molecule has 3 nitrogen and oxygen atoms in total. The van der Waals surface area contributed by atoms with E-state index in [1.165, 1.54) is 12.1 Å². The number of hydrogen-bond acceptors (Lipinski definition) is 3. The molecule has 0 aliphatic carbocycles. The molecular formula is C12H11F2N3. The fourth-order valence-electron chi connectivity index (χ4n) is 1.45. The normalized spacial score (nSPS) is 10.3. The van der Waals surface area contributed by atoms with Crippen LogP contribution in [0.25, 0.3) is 11.3 Å². The van der Waals surface area contributed by atoms with Crippen LogP contribution in [0.5, 0.6) is 0 Å². The third-order valence-corrected chi connectivity index (χ3v) is 2.25. The van der Waals surface area contributed by atoms with Gasteiger partial charge in [0.2, 0.25) is 0 Å². The van der Waals surface area contributed by atoms with E-state index in [4.69, 9.17) is 0 Å². The van der Waals surface area contributed by atoms with Crippen molar-refractivity contribution in [1.82, 2.24) is 10.2 Å². The topological polar surface area (TPSA) is 37.8 Å². The molecule has 0 saturated carbocycles. The molecule has 0 amide bonds. The minimum Gasteiger partial charge on any atom is -0.369 e. The molecule has 2 aromatic rings. The van der Waals surface area contributed by atoms with Crippen molar-refractivity contribution < 1.29 is 8.78 Å². The third kappa shape index (κ3) is 2.38. The van der Waals surface area contributed by atoms with Gasteiger partial charge in [0.1, 0.15) is 5.82 Å². The van der Waals surface area contributed by atoms with Crippen LogP contribution >= 0.6 is 0 Å². The molecule has 0 aliphatic rings. The van der Waals surface area contributed by atoms with Gasteiger partial charge in [-0.2, -0.15) is 0 Å². The van der Waals surface area contributed by atoms with Gasteiger partial charge in [-0.15, -0.1) is 10.2 Å². The lowest BCUT2D eigenvalue weighted by Crippen LogP contribution is -2.01. The number of nitrogens with zero attached hydrogens (tertiary/aromatic N) is 2. The number of hydrogen-bond donors (Lipinski definition) is 1. The molecule has 1 heterocycles. The van der Waals surface area contributed by atoms with Gasteiger partial charge in [-0.25, -0.2) is 8.78 Å². The molecule has 0 bridgehead atoms. The first-order valence-electron chi connectivity index (χ1n) is 5.24. The molecule has 0 fully saturated rings. The predicted octanol–water partition coefficient (Wildman–Crippen LogP) is 2.85. The lowest BCUT2D eigenvalue weighted by molar-refractivity contribution is 0.511. The van der Waals surface area contributed by atoms with E-state index in [2.05, 4.69) is 15.5 Å². The Bertz CT molecular complexity index is 512. The molecule has 1 aromatic carbocycles. The standard InChI is InChI=1S/C12H11F2N3/c1-2-15-11-7-6-10(16-17-11)8-4-3-5-9(13)12(8)14/h3-7H,2H2,1H3,(H,15,17). The minimum absolute atomic E-state index is 0.112. The van der Waals surface area contributed by atoms with E-state index in [-0.39, 0.29) is 5.56 Å². The van der Waals surface area contributed by atoms with Crippen LogP contribution in [0, 0.1) is 11.6 Å². The molecule has 0 spiro atoms. The highest BCUT2D eigenvalue weighted by Crippen LogP contribution is 2.22. The summed E-state index contributed by atoms with van der Waals surface area (Å²) in [7, 11) is 0. The largest absolute Gasteiger partial charge is 0.369 e. The second kappa shape index (κ2) is 4.86. The van der Waals surface area contributed by atoms with Crippen LogP contribution in [-0.4, -0.2) is 16.7 Å². The summed E-state index contributed by atoms with van der Waals surface area (Å²) in [6.07, 6.45) is 0. The summed E-state index contributed by atoms with van der Waals surface area (Å²) in [5.74, 6) is -1.19. The van der Waals surface area contributed by atoms with Crippen LogP contribution in [-0.2, 0) is 0 Å². The molecule has 5 heteroatoms. The van der Waals surface area contributed by atoms with E-state index in [1.807, 2.05) is 6.92 Å². The molecule has 0 unspecified atom stereocenters. The van der Waals surface area contributed by atoms with E-state index in [0.29, 0.717) is 11.5 Å². The maximum absolute atomic E-state index is 13.5. The molecular weight excluding hydrogens is 224 g/mol. The molecule has 1 aromatic heterocycles. The van der Waals surface area contributed by atoms with Crippen molar-refractivity contribution in [2.75, 3.05) is 11.9 Å². The maximum atomic E-state index is 13.5. The number of anilines is 1. The van der Waals surface area contributed by atoms with Crippen molar-refractivity contribution in [1.29, 1.82) is 0 Å². The third-order valence-electron chi connectivity index (χ3n) is 2.25. The van der Waals surface area contributed by atoms with Gasteiger partial charge in [-0.05, 0) is 31.2 Å². The Morgan fingerprint density at radius 1 is 1.12 bits per heavy atom. The van der Waals surface area contributed by atoms with Gasteiger partial charge in [-0.3, -0.25) is 0 Å². The summed E-state index contributed by atoms with van der Waals surface area (Å²) in [6.45, 7) is 2.66. The molecule has 0 aliphatic heterocycles. The molecule has 88 valence electrons. The lowest BCUT2D eigenvalue weighted by Gasteiger charge is -2.04. The Morgan fingerprint density at radius 3 is 2.59 bits per heavy atom. The Hall–Kier alpha value is -2.04. The fraction of sp³-hybridized carbons (Fsp3) is 0.167. The number of rotatable bonds is 3. The van der Waals surface area contributed by atoms with Gasteiger partial charge in [0.05, 0.1) is 5.69 Å². The van der Waals surface area contributed by atoms with Crippen molar-refractivity contribution in [3.05, 3.63) is 42.0 Å². The predicted molar refractivity (Wildman–Crippen MR) is 61.5 cm³/mol. The van der Waals surface area contributed by atoms with Crippen molar-refractivity contribution in [3.63, 3.8) is 0 Å². The molecule has 17 heavy (non-hydrogen) atoms.